The van der Waals surface area contributed by atoms with Crippen LogP contribution in [0.5, 0.6) is 0 Å². The number of hydrogen-bond donors (Lipinski definition) is 0. The fraction of sp³-hybridized carbons (Fsp3) is 0.467. The first-order chi connectivity index (χ1) is 7.37. The minimum Gasteiger partial charge on any atom is -1.00 e. The third kappa shape index (κ3) is 26.5. The van der Waals surface area contributed by atoms with E-state index in [9.17, 15) is 3.40 Å². The van der Waals surface area contributed by atoms with Crippen LogP contribution >= 0.6 is 32.7 Å². The van der Waals surface area contributed by atoms with Crippen LogP contribution in [0.15, 0.2) is 30.3 Å². The van der Waals surface area contributed by atoms with Gasteiger partial charge in [-0.05, 0) is 12.1 Å². The van der Waals surface area contributed by atoms with Crippen LogP contribution in [0.2, 0.25) is 0 Å². The standard InChI is InChI=1S/C8H11P.C5H10.CH4.CH3.2ClH.HI.O.W/c1-9(2)8-6-4-3-5-7-8;1-5(2,3)4;;;;;;;/h3-7H,1-2H3;1H,2-4H3;1H4;1H3;3*1H;;/q;;;-1;;;;;. The Morgan fingerprint density at radius 3 is 1.57 bits per heavy atom. The van der Waals surface area contributed by atoms with Crippen molar-refractivity contribution in [2.75, 3.05) is 13.3 Å². The molecule has 1 aromatic carbocycles. The summed E-state index contributed by atoms with van der Waals surface area (Å²) in [6.07, 6.45) is 0. The molecule has 21 heavy (non-hydrogen) atoms. The minimum atomic E-state index is -1.27. The molecule has 0 amide bonds. The van der Waals surface area contributed by atoms with E-state index in [1.165, 1.54) is 5.30 Å². The molecule has 0 heterocycles. The maximum atomic E-state index is 10.1. The van der Waals surface area contributed by atoms with Crippen molar-refractivity contribution in [1.29, 1.82) is 0 Å². The summed E-state index contributed by atoms with van der Waals surface area (Å²) >= 11 is -1.27. The number of hydrogen-bond acceptors (Lipinski definition) is 1. The van der Waals surface area contributed by atoms with Crippen molar-refractivity contribution in [3.63, 3.8) is 0 Å². The van der Waals surface area contributed by atoms with Gasteiger partial charge in [-0.1, -0.05) is 25.6 Å². The summed E-state index contributed by atoms with van der Waals surface area (Å²) in [5.41, 5.74) is 0.187. The van der Waals surface area contributed by atoms with Gasteiger partial charge in [0.1, 0.15) is 0 Å². The zero-order valence-electron chi connectivity index (χ0n) is 13.0. The van der Waals surface area contributed by atoms with Crippen molar-refractivity contribution in [3.05, 3.63) is 37.8 Å². The smallest absolute Gasteiger partial charge is 0.0908 e. The molecule has 0 aliphatic carbocycles. The SMILES string of the molecule is C.CC(C)(C)[CH]=[W]=[O].C[PH+](C)c1ccccc1.Cl.Cl.[CH3-].[I-]. The first kappa shape index (κ1) is 38.1. The predicted octanol–water partition coefficient (Wildman–Crippen LogP) is 1.98. The van der Waals surface area contributed by atoms with Crippen molar-refractivity contribution in [2.24, 2.45) is 5.41 Å². The molecular formula is C15H31Cl2IOPW-. The normalized spacial score (nSPS) is 7.90. The van der Waals surface area contributed by atoms with E-state index in [1.807, 2.05) is 4.40 Å². The second kappa shape index (κ2) is 21.3. The third-order valence-electron chi connectivity index (χ3n) is 1.75. The van der Waals surface area contributed by atoms with E-state index in [0.29, 0.717) is 0 Å². The van der Waals surface area contributed by atoms with Gasteiger partial charge < -0.3 is 31.4 Å². The molecular weight excluding hydrogens is 609 g/mol. The van der Waals surface area contributed by atoms with Crippen LogP contribution < -0.4 is 29.3 Å². The van der Waals surface area contributed by atoms with Crippen LogP contribution in [0.4, 0.5) is 0 Å². The first-order valence-corrected chi connectivity index (χ1v) is 10.7. The summed E-state index contributed by atoms with van der Waals surface area (Å²) < 4.78 is 12.0. The van der Waals surface area contributed by atoms with E-state index in [1.54, 1.807) is 0 Å². The summed E-state index contributed by atoms with van der Waals surface area (Å²) in [6, 6.07) is 10.7. The zero-order chi connectivity index (χ0) is 12.6. The molecule has 0 unspecified atom stereocenters. The molecule has 0 spiro atoms. The van der Waals surface area contributed by atoms with Gasteiger partial charge in [-0.2, -0.15) is 0 Å². The molecule has 0 N–H and O–H groups in total. The van der Waals surface area contributed by atoms with Gasteiger partial charge in [0.05, 0.1) is 18.6 Å². The fourth-order valence-electron chi connectivity index (χ4n) is 0.916. The number of benzene rings is 1. The molecule has 1 aromatic rings. The van der Waals surface area contributed by atoms with Crippen molar-refractivity contribution >= 4 is 42.4 Å². The molecule has 0 saturated heterocycles. The molecule has 0 radical (unpaired) electrons. The largest absolute Gasteiger partial charge is 1.00 e. The van der Waals surface area contributed by atoms with E-state index >= 15 is 0 Å². The van der Waals surface area contributed by atoms with Gasteiger partial charge in [-0.25, -0.2) is 0 Å². The molecule has 0 fully saturated rings. The molecule has 1 nitrogen and oxygen atoms in total. The zero-order valence-corrected chi connectivity index (χ0v) is 20.7. The Kier molecular flexibility index (Phi) is 38.7. The summed E-state index contributed by atoms with van der Waals surface area (Å²) in [6.45, 7) is 10.8. The van der Waals surface area contributed by atoms with Crippen LogP contribution in [0.25, 0.3) is 0 Å². The van der Waals surface area contributed by atoms with Gasteiger partial charge in [-0.3, -0.25) is 0 Å². The monoisotopic (exact) mass is 639 g/mol. The quantitative estimate of drug-likeness (QED) is 0.261. The average Bonchev–Trinajstić information content (AvgIpc) is 2.18. The Bertz CT molecular complexity index is 350. The predicted molar refractivity (Wildman–Crippen MR) is 100 cm³/mol. The Morgan fingerprint density at radius 2 is 1.43 bits per heavy atom. The van der Waals surface area contributed by atoms with Gasteiger partial charge in [0, 0.05) is 7.92 Å². The molecule has 0 aromatic heterocycles. The van der Waals surface area contributed by atoms with Crippen molar-refractivity contribution in [1.82, 2.24) is 0 Å². The molecule has 0 saturated carbocycles. The Morgan fingerprint density at radius 1 is 1.05 bits per heavy atom. The van der Waals surface area contributed by atoms with Gasteiger partial charge in [0.15, 0.2) is 0 Å². The first-order valence-electron chi connectivity index (χ1n) is 5.35. The van der Waals surface area contributed by atoms with Crippen LogP contribution in [0.1, 0.15) is 28.2 Å². The Labute approximate surface area is 171 Å². The number of rotatable bonds is 1. The van der Waals surface area contributed by atoms with E-state index < -0.39 is 18.1 Å². The van der Waals surface area contributed by atoms with Gasteiger partial charge >= 0.3 is 52.0 Å². The second-order valence-electron chi connectivity index (χ2n) is 4.95. The third-order valence-corrected chi connectivity index (χ3v) is 6.13. The van der Waals surface area contributed by atoms with Crippen molar-refractivity contribution < 1.29 is 45.4 Å². The van der Waals surface area contributed by atoms with E-state index in [-0.39, 0.29) is 77.0 Å². The van der Waals surface area contributed by atoms with E-state index in [4.69, 9.17) is 0 Å². The molecule has 1 rings (SSSR count). The molecule has 0 aliphatic heterocycles. The van der Waals surface area contributed by atoms with Crippen LogP contribution in [0, 0.1) is 12.8 Å². The van der Waals surface area contributed by atoms with Gasteiger partial charge in [0.25, 0.3) is 0 Å². The molecule has 130 valence electrons. The molecule has 0 bridgehead atoms. The topological polar surface area (TPSA) is 17.1 Å². The van der Waals surface area contributed by atoms with Crippen LogP contribution in [0.3, 0.4) is 0 Å². The minimum absolute atomic E-state index is 0. The number of halogens is 3. The maximum absolute atomic E-state index is 10.1. The Hall–Kier alpha value is 1.32. The summed E-state index contributed by atoms with van der Waals surface area (Å²) in [5, 5.41) is 1.52. The summed E-state index contributed by atoms with van der Waals surface area (Å²) in [5.74, 6) is 0. The Balaban J connectivity index is -0.0000000442. The molecule has 0 atom stereocenters. The van der Waals surface area contributed by atoms with Crippen LogP contribution in [-0.2, 0) is 21.5 Å². The summed E-state index contributed by atoms with van der Waals surface area (Å²) in [4.78, 5) is 0. The van der Waals surface area contributed by atoms with E-state index in [2.05, 4.69) is 64.4 Å². The molecule has 6 heteroatoms. The van der Waals surface area contributed by atoms with Crippen molar-refractivity contribution in [3.8, 4) is 0 Å². The van der Waals surface area contributed by atoms with Gasteiger partial charge in [0.2, 0.25) is 0 Å². The van der Waals surface area contributed by atoms with Crippen molar-refractivity contribution in [2.45, 2.75) is 28.2 Å². The second-order valence-corrected chi connectivity index (χ2v) is 9.06. The summed E-state index contributed by atoms with van der Waals surface area (Å²) in [7, 11) is -0.212. The fourth-order valence-corrected chi connectivity index (χ4v) is 2.81. The van der Waals surface area contributed by atoms with E-state index in [0.717, 1.165) is 0 Å². The van der Waals surface area contributed by atoms with Gasteiger partial charge in [-0.15, -0.1) is 24.8 Å². The molecule has 0 aliphatic rings. The maximum Gasteiger partial charge on any atom is 0.0908 e. The van der Waals surface area contributed by atoms with Crippen LogP contribution in [-0.4, -0.2) is 17.7 Å². The average molecular weight is 640 g/mol.